The Kier molecular flexibility index (Phi) is 4.26. The van der Waals surface area contributed by atoms with Crippen molar-refractivity contribution in [3.63, 3.8) is 0 Å². The third kappa shape index (κ3) is 2.99. The van der Waals surface area contributed by atoms with E-state index >= 15 is 0 Å². The maximum absolute atomic E-state index is 14.8. The SMILES string of the molecule is CC(C)(C)c1n[nH]c2c1C(c1ccccc1F)N(c1ccc(C(=O)O)cc1)C2=O. The molecule has 0 saturated carbocycles. The molecule has 6 nitrogen and oxygen atoms in total. The van der Waals surface area contributed by atoms with E-state index in [9.17, 15) is 14.0 Å². The highest BCUT2D eigenvalue weighted by molar-refractivity contribution is 6.11. The zero-order valence-electron chi connectivity index (χ0n) is 16.2. The number of carboxylic acids is 1. The van der Waals surface area contributed by atoms with Crippen LogP contribution < -0.4 is 4.90 Å². The van der Waals surface area contributed by atoms with Crippen LogP contribution in [0.25, 0.3) is 0 Å². The molecule has 7 heteroatoms. The van der Waals surface area contributed by atoms with Crippen molar-refractivity contribution in [3.8, 4) is 0 Å². The number of fused-ring (bicyclic) bond motifs is 1. The number of aromatic carboxylic acids is 1. The highest BCUT2D eigenvalue weighted by Gasteiger charge is 2.45. The third-order valence-electron chi connectivity index (χ3n) is 5.07. The van der Waals surface area contributed by atoms with Crippen LogP contribution in [-0.4, -0.2) is 27.2 Å². The van der Waals surface area contributed by atoms with Crippen LogP contribution in [-0.2, 0) is 5.41 Å². The quantitative estimate of drug-likeness (QED) is 0.695. The molecule has 0 aliphatic carbocycles. The molecule has 0 fully saturated rings. The summed E-state index contributed by atoms with van der Waals surface area (Å²) in [4.78, 5) is 25.9. The number of carbonyl (C=O) groups is 2. The van der Waals surface area contributed by atoms with E-state index in [1.807, 2.05) is 20.8 Å². The van der Waals surface area contributed by atoms with E-state index in [-0.39, 0.29) is 16.9 Å². The number of H-pyrrole nitrogens is 1. The molecule has 1 aromatic heterocycles. The summed E-state index contributed by atoms with van der Waals surface area (Å²) in [5.74, 6) is -1.81. The van der Waals surface area contributed by atoms with E-state index in [2.05, 4.69) is 10.2 Å². The van der Waals surface area contributed by atoms with E-state index in [4.69, 9.17) is 5.11 Å². The van der Waals surface area contributed by atoms with Gasteiger partial charge in [0.1, 0.15) is 11.5 Å². The predicted octanol–water partition coefficient (Wildman–Crippen LogP) is 4.29. The number of rotatable bonds is 3. The first-order valence-electron chi connectivity index (χ1n) is 9.20. The average Bonchev–Trinajstić information content (AvgIpc) is 3.21. The summed E-state index contributed by atoms with van der Waals surface area (Å²) in [6.45, 7) is 5.95. The molecule has 1 aliphatic heterocycles. The van der Waals surface area contributed by atoms with Crippen LogP contribution in [0, 0.1) is 5.82 Å². The van der Waals surface area contributed by atoms with Crippen molar-refractivity contribution >= 4 is 17.6 Å². The van der Waals surface area contributed by atoms with Crippen LogP contribution in [0.4, 0.5) is 10.1 Å². The second-order valence-electron chi connectivity index (χ2n) is 8.06. The fraction of sp³-hybridized carbons (Fsp3) is 0.227. The van der Waals surface area contributed by atoms with E-state index in [0.717, 1.165) is 0 Å². The number of halogens is 1. The molecule has 0 spiro atoms. The molecule has 0 saturated heterocycles. The van der Waals surface area contributed by atoms with E-state index in [1.54, 1.807) is 30.3 Å². The lowest BCUT2D eigenvalue weighted by atomic mass is 9.85. The Morgan fingerprint density at radius 1 is 1.14 bits per heavy atom. The number of amides is 1. The highest BCUT2D eigenvalue weighted by atomic mass is 19.1. The van der Waals surface area contributed by atoms with Gasteiger partial charge < -0.3 is 5.11 Å². The number of aromatic amines is 1. The van der Waals surface area contributed by atoms with Crippen LogP contribution in [0.15, 0.2) is 48.5 Å². The van der Waals surface area contributed by atoms with Gasteiger partial charge in [-0.25, -0.2) is 9.18 Å². The molecule has 2 N–H and O–H groups in total. The summed E-state index contributed by atoms with van der Waals surface area (Å²) < 4.78 is 14.8. The first-order chi connectivity index (χ1) is 13.7. The van der Waals surface area contributed by atoms with Gasteiger partial charge in [0.2, 0.25) is 0 Å². The Balaban J connectivity index is 1.93. The second-order valence-corrected chi connectivity index (χ2v) is 8.06. The lowest BCUT2D eigenvalue weighted by Crippen LogP contribution is -2.30. The van der Waals surface area contributed by atoms with Crippen LogP contribution in [0.1, 0.15) is 64.5 Å². The molecule has 3 aromatic rings. The molecule has 1 atom stereocenters. The maximum Gasteiger partial charge on any atom is 0.335 e. The number of nitrogens with one attached hydrogen (secondary N) is 1. The second kappa shape index (κ2) is 6.55. The smallest absolute Gasteiger partial charge is 0.335 e. The number of carboxylic acid groups (broad SMARTS) is 1. The van der Waals surface area contributed by atoms with E-state index in [0.29, 0.717) is 28.2 Å². The van der Waals surface area contributed by atoms with Gasteiger partial charge in [0.05, 0.1) is 17.3 Å². The number of hydrogen-bond donors (Lipinski definition) is 2. The number of carbonyl (C=O) groups excluding carboxylic acids is 1. The van der Waals surface area contributed by atoms with Crippen LogP contribution in [0.5, 0.6) is 0 Å². The van der Waals surface area contributed by atoms with Gasteiger partial charge in [-0.05, 0) is 30.3 Å². The van der Waals surface area contributed by atoms with Crippen LogP contribution in [0.2, 0.25) is 0 Å². The number of benzene rings is 2. The standard InChI is InChI=1S/C22H20FN3O3/c1-22(2,3)19-16-17(24-25-19)20(27)26(13-10-8-12(9-11-13)21(28)29)18(16)14-6-4-5-7-15(14)23/h4-11,18H,1-3H3,(H,24,25)(H,28,29). The Hall–Kier alpha value is -3.48. The molecule has 4 rings (SSSR count). The van der Waals surface area contributed by atoms with Gasteiger partial charge in [-0.3, -0.25) is 14.8 Å². The fourth-order valence-corrected chi connectivity index (χ4v) is 3.74. The molecule has 2 heterocycles. The van der Waals surface area contributed by atoms with E-state index < -0.39 is 17.8 Å². The number of hydrogen-bond acceptors (Lipinski definition) is 3. The third-order valence-corrected chi connectivity index (χ3v) is 5.07. The van der Waals surface area contributed by atoms with Crippen molar-refractivity contribution < 1.29 is 19.1 Å². The van der Waals surface area contributed by atoms with Gasteiger partial charge in [0, 0.05) is 22.2 Å². The van der Waals surface area contributed by atoms with Gasteiger partial charge in [-0.1, -0.05) is 39.0 Å². The largest absolute Gasteiger partial charge is 0.478 e. The maximum atomic E-state index is 14.8. The normalized spacial score (nSPS) is 16.2. The predicted molar refractivity (Wildman–Crippen MR) is 106 cm³/mol. The van der Waals surface area contributed by atoms with Crippen LogP contribution in [0.3, 0.4) is 0 Å². The van der Waals surface area contributed by atoms with Crippen molar-refractivity contribution in [1.29, 1.82) is 0 Å². The molecule has 29 heavy (non-hydrogen) atoms. The first kappa shape index (κ1) is 18.9. The van der Waals surface area contributed by atoms with Crippen molar-refractivity contribution in [2.75, 3.05) is 4.90 Å². The summed E-state index contributed by atoms with van der Waals surface area (Å²) in [6, 6.07) is 11.6. The molecular formula is C22H20FN3O3. The van der Waals surface area contributed by atoms with Crippen molar-refractivity contribution in [2.24, 2.45) is 0 Å². The van der Waals surface area contributed by atoms with E-state index in [1.165, 1.54) is 23.1 Å². The topological polar surface area (TPSA) is 86.3 Å². The van der Waals surface area contributed by atoms with Crippen molar-refractivity contribution in [2.45, 2.75) is 32.2 Å². The summed E-state index contributed by atoms with van der Waals surface area (Å²) >= 11 is 0. The van der Waals surface area contributed by atoms with Crippen molar-refractivity contribution in [1.82, 2.24) is 10.2 Å². The molecule has 1 unspecified atom stereocenters. The zero-order chi connectivity index (χ0) is 20.9. The summed E-state index contributed by atoms with van der Waals surface area (Å²) in [6.07, 6.45) is 0. The van der Waals surface area contributed by atoms with Crippen LogP contribution >= 0.6 is 0 Å². The lowest BCUT2D eigenvalue weighted by molar-refractivity contribution is 0.0696. The molecule has 1 aliphatic rings. The zero-order valence-corrected chi connectivity index (χ0v) is 16.2. The molecule has 0 radical (unpaired) electrons. The number of aromatic nitrogens is 2. The fourth-order valence-electron chi connectivity index (χ4n) is 3.74. The summed E-state index contributed by atoms with van der Waals surface area (Å²) in [7, 11) is 0. The van der Waals surface area contributed by atoms with Gasteiger partial charge >= 0.3 is 5.97 Å². The molecule has 148 valence electrons. The Labute approximate surface area is 167 Å². The number of anilines is 1. The highest BCUT2D eigenvalue weighted by Crippen LogP contribution is 2.45. The average molecular weight is 393 g/mol. The lowest BCUT2D eigenvalue weighted by Gasteiger charge is -2.28. The monoisotopic (exact) mass is 393 g/mol. The Morgan fingerprint density at radius 2 is 1.79 bits per heavy atom. The Bertz CT molecular complexity index is 1110. The van der Waals surface area contributed by atoms with Crippen molar-refractivity contribution in [3.05, 3.63) is 82.4 Å². The molecule has 2 aromatic carbocycles. The Morgan fingerprint density at radius 3 is 2.38 bits per heavy atom. The molecule has 1 amide bonds. The minimum atomic E-state index is -1.06. The minimum absolute atomic E-state index is 0.110. The first-order valence-corrected chi connectivity index (χ1v) is 9.20. The molecule has 0 bridgehead atoms. The summed E-state index contributed by atoms with van der Waals surface area (Å²) in [5, 5.41) is 16.3. The summed E-state index contributed by atoms with van der Waals surface area (Å²) in [5.41, 5.74) is 2.25. The van der Waals surface area contributed by atoms with Gasteiger partial charge in [0.25, 0.3) is 5.91 Å². The van der Waals surface area contributed by atoms with Gasteiger partial charge in [-0.2, -0.15) is 5.10 Å². The van der Waals surface area contributed by atoms with Gasteiger partial charge in [0.15, 0.2) is 0 Å². The van der Waals surface area contributed by atoms with Gasteiger partial charge in [-0.15, -0.1) is 0 Å². The minimum Gasteiger partial charge on any atom is -0.478 e. The molecular weight excluding hydrogens is 373 g/mol. The number of nitrogens with zero attached hydrogens (tertiary/aromatic N) is 2.